The van der Waals surface area contributed by atoms with Crippen molar-refractivity contribution >= 4 is 6.08 Å². The van der Waals surface area contributed by atoms with Gasteiger partial charge in [0.25, 0.3) is 0 Å². The second kappa shape index (κ2) is 8.06. The van der Waals surface area contributed by atoms with Crippen LogP contribution in [0, 0.1) is 5.92 Å². The lowest BCUT2D eigenvalue weighted by molar-refractivity contribution is -0.00975. The Labute approximate surface area is 111 Å². The van der Waals surface area contributed by atoms with Crippen molar-refractivity contribution in [2.75, 3.05) is 13.2 Å². The summed E-state index contributed by atoms with van der Waals surface area (Å²) in [4.78, 5) is 0. The van der Waals surface area contributed by atoms with Crippen LogP contribution >= 0.6 is 0 Å². The van der Waals surface area contributed by atoms with E-state index in [1.54, 1.807) is 0 Å². The highest BCUT2D eigenvalue weighted by Crippen LogP contribution is 2.07. The number of benzene rings is 1. The van der Waals surface area contributed by atoms with Crippen LogP contribution in [0.5, 0.6) is 0 Å². The van der Waals surface area contributed by atoms with Crippen LogP contribution in [0.4, 0.5) is 0 Å². The summed E-state index contributed by atoms with van der Waals surface area (Å²) in [5, 5.41) is 0. The van der Waals surface area contributed by atoms with E-state index in [0.717, 1.165) is 5.56 Å². The molecular weight excluding hydrogens is 224 g/mol. The third-order valence-electron chi connectivity index (χ3n) is 3.03. The molecule has 0 spiro atoms. The van der Waals surface area contributed by atoms with Gasteiger partial charge in [-0.2, -0.15) is 0 Å². The first kappa shape index (κ1) is 14.9. The van der Waals surface area contributed by atoms with Gasteiger partial charge in [0.2, 0.25) is 0 Å². The van der Waals surface area contributed by atoms with Crippen molar-refractivity contribution in [3.63, 3.8) is 0 Å². The SMILES string of the molecule is C=Cc1ccc(COCCOC(C)C(C)C)cc1. The highest BCUT2D eigenvalue weighted by atomic mass is 16.5. The molecular formula is C16H24O2. The molecule has 0 bridgehead atoms. The average molecular weight is 248 g/mol. The van der Waals surface area contributed by atoms with Gasteiger partial charge in [-0.25, -0.2) is 0 Å². The van der Waals surface area contributed by atoms with Gasteiger partial charge in [-0.15, -0.1) is 0 Å². The molecule has 100 valence electrons. The molecule has 0 saturated carbocycles. The topological polar surface area (TPSA) is 18.5 Å². The highest BCUT2D eigenvalue weighted by Gasteiger charge is 2.06. The predicted molar refractivity (Wildman–Crippen MR) is 76.4 cm³/mol. The summed E-state index contributed by atoms with van der Waals surface area (Å²) < 4.78 is 11.2. The summed E-state index contributed by atoms with van der Waals surface area (Å²) >= 11 is 0. The summed E-state index contributed by atoms with van der Waals surface area (Å²) in [5.41, 5.74) is 2.31. The maximum absolute atomic E-state index is 5.64. The van der Waals surface area contributed by atoms with Gasteiger partial charge in [-0.3, -0.25) is 0 Å². The summed E-state index contributed by atoms with van der Waals surface area (Å²) in [6.07, 6.45) is 2.13. The molecule has 2 heteroatoms. The van der Waals surface area contributed by atoms with Crippen LogP contribution < -0.4 is 0 Å². The van der Waals surface area contributed by atoms with Crippen LogP contribution in [0.15, 0.2) is 30.8 Å². The maximum atomic E-state index is 5.64. The van der Waals surface area contributed by atoms with Gasteiger partial charge >= 0.3 is 0 Å². The molecule has 0 amide bonds. The van der Waals surface area contributed by atoms with E-state index in [1.807, 2.05) is 18.2 Å². The van der Waals surface area contributed by atoms with E-state index in [9.17, 15) is 0 Å². The summed E-state index contributed by atoms with van der Waals surface area (Å²) in [5.74, 6) is 0.552. The number of rotatable bonds is 8. The van der Waals surface area contributed by atoms with Gasteiger partial charge in [0, 0.05) is 0 Å². The number of hydrogen-bond donors (Lipinski definition) is 0. The van der Waals surface area contributed by atoms with Gasteiger partial charge in [-0.1, -0.05) is 50.8 Å². The fourth-order valence-electron chi connectivity index (χ4n) is 1.43. The summed E-state index contributed by atoms with van der Waals surface area (Å²) in [7, 11) is 0. The first-order valence-electron chi connectivity index (χ1n) is 6.54. The summed E-state index contributed by atoms with van der Waals surface area (Å²) in [6.45, 7) is 12.1. The molecule has 0 aliphatic heterocycles. The molecule has 1 aromatic rings. The lowest BCUT2D eigenvalue weighted by Crippen LogP contribution is -2.18. The van der Waals surface area contributed by atoms with E-state index in [-0.39, 0.29) is 0 Å². The van der Waals surface area contributed by atoms with Gasteiger partial charge < -0.3 is 9.47 Å². The molecule has 0 aliphatic rings. The van der Waals surface area contributed by atoms with Crippen molar-refractivity contribution in [3.8, 4) is 0 Å². The van der Waals surface area contributed by atoms with Crippen molar-refractivity contribution in [1.29, 1.82) is 0 Å². The van der Waals surface area contributed by atoms with Gasteiger partial charge in [0.15, 0.2) is 0 Å². The first-order valence-corrected chi connectivity index (χ1v) is 6.54. The minimum atomic E-state index is 0.292. The van der Waals surface area contributed by atoms with Crippen LogP contribution in [0.1, 0.15) is 31.9 Å². The quantitative estimate of drug-likeness (QED) is 0.649. The van der Waals surface area contributed by atoms with Gasteiger partial charge in [-0.05, 0) is 24.0 Å². The Kier molecular flexibility index (Phi) is 6.69. The van der Waals surface area contributed by atoms with E-state index in [4.69, 9.17) is 9.47 Å². The normalized spacial score (nSPS) is 12.7. The molecule has 0 aliphatic carbocycles. The fourth-order valence-corrected chi connectivity index (χ4v) is 1.43. The standard InChI is InChI=1S/C16H24O2/c1-5-15-6-8-16(9-7-15)12-17-10-11-18-14(4)13(2)3/h5-9,13-14H,1,10-12H2,2-4H3. The Hall–Kier alpha value is -1.12. The molecule has 0 fully saturated rings. The van der Waals surface area contributed by atoms with Crippen molar-refractivity contribution in [2.45, 2.75) is 33.5 Å². The first-order chi connectivity index (χ1) is 8.63. The van der Waals surface area contributed by atoms with Crippen LogP contribution in [-0.4, -0.2) is 19.3 Å². The second-order valence-corrected chi connectivity index (χ2v) is 4.82. The van der Waals surface area contributed by atoms with E-state index < -0.39 is 0 Å². The van der Waals surface area contributed by atoms with E-state index in [1.165, 1.54) is 5.56 Å². The molecule has 1 rings (SSSR count). The molecule has 1 atom stereocenters. The van der Waals surface area contributed by atoms with Crippen LogP contribution in [0.3, 0.4) is 0 Å². The largest absolute Gasteiger partial charge is 0.376 e. The third-order valence-corrected chi connectivity index (χ3v) is 3.03. The second-order valence-electron chi connectivity index (χ2n) is 4.82. The van der Waals surface area contributed by atoms with Crippen LogP contribution in [0.25, 0.3) is 6.08 Å². The minimum Gasteiger partial charge on any atom is -0.376 e. The van der Waals surface area contributed by atoms with Gasteiger partial charge in [0.1, 0.15) is 0 Å². The monoisotopic (exact) mass is 248 g/mol. The fraction of sp³-hybridized carbons (Fsp3) is 0.500. The molecule has 18 heavy (non-hydrogen) atoms. The maximum Gasteiger partial charge on any atom is 0.0718 e. The van der Waals surface area contributed by atoms with Crippen molar-refractivity contribution < 1.29 is 9.47 Å². The van der Waals surface area contributed by atoms with Gasteiger partial charge in [0.05, 0.1) is 25.9 Å². The smallest absolute Gasteiger partial charge is 0.0718 e. The minimum absolute atomic E-state index is 0.292. The van der Waals surface area contributed by atoms with E-state index in [2.05, 4.69) is 39.5 Å². The lowest BCUT2D eigenvalue weighted by atomic mass is 10.1. The Morgan fingerprint density at radius 1 is 1.11 bits per heavy atom. The molecule has 0 heterocycles. The summed E-state index contributed by atoms with van der Waals surface area (Å²) in [6, 6.07) is 8.22. The molecule has 0 N–H and O–H groups in total. The molecule has 1 unspecified atom stereocenters. The zero-order valence-corrected chi connectivity index (χ0v) is 11.7. The highest BCUT2D eigenvalue weighted by molar-refractivity contribution is 5.47. The Morgan fingerprint density at radius 2 is 1.78 bits per heavy atom. The van der Waals surface area contributed by atoms with Crippen LogP contribution in [0.2, 0.25) is 0 Å². The van der Waals surface area contributed by atoms with E-state index >= 15 is 0 Å². The van der Waals surface area contributed by atoms with Crippen molar-refractivity contribution in [1.82, 2.24) is 0 Å². The van der Waals surface area contributed by atoms with Crippen molar-refractivity contribution in [2.24, 2.45) is 5.92 Å². The molecule has 2 nitrogen and oxygen atoms in total. The molecule has 1 aromatic carbocycles. The Balaban J connectivity index is 2.15. The molecule has 0 aromatic heterocycles. The zero-order valence-electron chi connectivity index (χ0n) is 11.7. The number of hydrogen-bond acceptors (Lipinski definition) is 2. The van der Waals surface area contributed by atoms with E-state index in [0.29, 0.717) is 31.8 Å². The molecule has 0 saturated heterocycles. The Morgan fingerprint density at radius 3 is 2.33 bits per heavy atom. The number of ether oxygens (including phenoxy) is 2. The Bertz CT molecular complexity index is 341. The lowest BCUT2D eigenvalue weighted by Gasteiger charge is -2.16. The predicted octanol–water partition coefficient (Wildman–Crippen LogP) is 3.91. The zero-order chi connectivity index (χ0) is 13.4. The van der Waals surface area contributed by atoms with Crippen molar-refractivity contribution in [3.05, 3.63) is 42.0 Å². The average Bonchev–Trinajstić information content (AvgIpc) is 2.38. The van der Waals surface area contributed by atoms with Crippen LogP contribution in [-0.2, 0) is 16.1 Å². The molecule has 0 radical (unpaired) electrons. The third kappa shape index (κ3) is 5.48.